The minimum absolute atomic E-state index is 0.0514. The molecule has 20 heavy (non-hydrogen) atoms. The summed E-state index contributed by atoms with van der Waals surface area (Å²) in [6.45, 7) is 0.570. The summed E-state index contributed by atoms with van der Waals surface area (Å²) < 4.78 is 26.9. The van der Waals surface area contributed by atoms with Crippen molar-refractivity contribution in [2.45, 2.75) is 18.6 Å². The molecule has 0 saturated carbocycles. The van der Waals surface area contributed by atoms with Crippen molar-refractivity contribution < 1.29 is 18.3 Å². The number of sulfonamides is 1. The molecule has 0 radical (unpaired) electrons. The van der Waals surface area contributed by atoms with Gasteiger partial charge < -0.3 is 5.11 Å². The number of halogens is 1. The molecule has 1 heterocycles. The molecule has 1 aromatic carbocycles. The summed E-state index contributed by atoms with van der Waals surface area (Å²) in [7, 11) is -3.38. The van der Waals surface area contributed by atoms with Gasteiger partial charge in [-0.15, -0.1) is 0 Å². The zero-order valence-corrected chi connectivity index (χ0v) is 13.2. The summed E-state index contributed by atoms with van der Waals surface area (Å²) in [6, 6.07) is 7.19. The molecule has 1 aromatic rings. The van der Waals surface area contributed by atoms with Gasteiger partial charge in [0.25, 0.3) is 0 Å². The number of rotatable bonds is 4. The smallest absolute Gasteiger partial charge is 0.306 e. The minimum atomic E-state index is -3.38. The Kier molecular flexibility index (Phi) is 4.82. The molecule has 2 rings (SSSR count). The third-order valence-corrected chi connectivity index (χ3v) is 5.78. The van der Waals surface area contributed by atoms with Gasteiger partial charge >= 0.3 is 5.97 Å². The van der Waals surface area contributed by atoms with Crippen LogP contribution in [-0.2, 0) is 20.6 Å². The Morgan fingerprint density at radius 3 is 2.55 bits per heavy atom. The zero-order chi connectivity index (χ0) is 14.8. The highest BCUT2D eigenvalue weighted by molar-refractivity contribution is 9.10. The van der Waals surface area contributed by atoms with Crippen LogP contribution in [0.25, 0.3) is 0 Å². The molecule has 5 nitrogen and oxygen atoms in total. The first-order valence-electron chi connectivity index (χ1n) is 6.33. The van der Waals surface area contributed by atoms with E-state index in [0.717, 1.165) is 10.0 Å². The molecule has 0 unspecified atom stereocenters. The number of aliphatic carboxylic acids is 1. The Labute approximate surface area is 126 Å². The maximum atomic E-state index is 12.3. The van der Waals surface area contributed by atoms with Gasteiger partial charge in [0, 0.05) is 17.6 Å². The molecule has 1 aliphatic rings. The second kappa shape index (κ2) is 6.24. The molecule has 0 aliphatic carbocycles. The van der Waals surface area contributed by atoms with Crippen molar-refractivity contribution in [2.24, 2.45) is 5.92 Å². The molecule has 7 heteroatoms. The van der Waals surface area contributed by atoms with E-state index in [4.69, 9.17) is 5.11 Å². The van der Waals surface area contributed by atoms with E-state index in [-0.39, 0.29) is 18.8 Å². The minimum Gasteiger partial charge on any atom is -0.481 e. The molecule has 0 spiro atoms. The lowest BCUT2D eigenvalue weighted by Gasteiger charge is -2.29. The topological polar surface area (TPSA) is 74.7 Å². The average Bonchev–Trinajstić information content (AvgIpc) is 2.38. The Balaban J connectivity index is 2.03. The highest BCUT2D eigenvalue weighted by Crippen LogP contribution is 2.22. The van der Waals surface area contributed by atoms with Crippen LogP contribution in [0.3, 0.4) is 0 Å². The van der Waals surface area contributed by atoms with E-state index < -0.39 is 21.9 Å². The van der Waals surface area contributed by atoms with Crippen molar-refractivity contribution in [1.82, 2.24) is 4.31 Å². The quantitative estimate of drug-likeness (QED) is 0.890. The first kappa shape index (κ1) is 15.5. The Bertz CT molecular complexity index is 594. The maximum absolute atomic E-state index is 12.3. The molecule has 0 aromatic heterocycles. The number of nitrogens with zero attached hydrogens (tertiary/aromatic N) is 1. The zero-order valence-electron chi connectivity index (χ0n) is 10.8. The molecular weight excluding hydrogens is 346 g/mol. The van der Waals surface area contributed by atoms with Crippen LogP contribution in [0.1, 0.15) is 18.4 Å². The van der Waals surface area contributed by atoms with Crippen LogP contribution in [0.5, 0.6) is 0 Å². The summed E-state index contributed by atoms with van der Waals surface area (Å²) >= 11 is 3.32. The largest absolute Gasteiger partial charge is 0.481 e. The monoisotopic (exact) mass is 361 g/mol. The van der Waals surface area contributed by atoms with Crippen LogP contribution < -0.4 is 0 Å². The van der Waals surface area contributed by atoms with E-state index in [0.29, 0.717) is 12.8 Å². The molecule has 1 aliphatic heterocycles. The summed E-state index contributed by atoms with van der Waals surface area (Å²) in [5, 5.41) is 8.92. The molecule has 110 valence electrons. The van der Waals surface area contributed by atoms with E-state index in [1.165, 1.54) is 4.31 Å². The first-order valence-corrected chi connectivity index (χ1v) is 8.74. The maximum Gasteiger partial charge on any atom is 0.306 e. The van der Waals surface area contributed by atoms with Crippen molar-refractivity contribution in [3.8, 4) is 0 Å². The third-order valence-electron chi connectivity index (χ3n) is 3.43. The van der Waals surface area contributed by atoms with Crippen molar-refractivity contribution >= 4 is 31.9 Å². The van der Waals surface area contributed by atoms with Gasteiger partial charge in [0.1, 0.15) is 0 Å². The normalized spacial score (nSPS) is 18.1. The highest BCUT2D eigenvalue weighted by atomic mass is 79.9. The molecule has 1 fully saturated rings. The highest BCUT2D eigenvalue weighted by Gasteiger charge is 2.30. The number of carboxylic acids is 1. The van der Waals surface area contributed by atoms with E-state index in [1.54, 1.807) is 18.2 Å². The summed E-state index contributed by atoms with van der Waals surface area (Å²) in [5.74, 6) is -1.31. The molecule has 0 atom stereocenters. The van der Waals surface area contributed by atoms with Crippen molar-refractivity contribution in [1.29, 1.82) is 0 Å². The van der Waals surface area contributed by atoms with Gasteiger partial charge in [0.15, 0.2) is 0 Å². The van der Waals surface area contributed by atoms with Crippen molar-refractivity contribution in [2.75, 3.05) is 13.1 Å². The van der Waals surface area contributed by atoms with Crippen LogP contribution >= 0.6 is 15.9 Å². The number of piperidine rings is 1. The molecule has 1 saturated heterocycles. The lowest BCUT2D eigenvalue weighted by Crippen LogP contribution is -2.40. The number of carbonyl (C=O) groups is 1. The van der Waals surface area contributed by atoms with Gasteiger partial charge in [-0.25, -0.2) is 12.7 Å². The van der Waals surface area contributed by atoms with Gasteiger partial charge in [0.2, 0.25) is 10.0 Å². The second-order valence-electron chi connectivity index (χ2n) is 4.90. The average molecular weight is 362 g/mol. The van der Waals surface area contributed by atoms with E-state index in [2.05, 4.69) is 15.9 Å². The molecular formula is C13H16BrNO4S. The number of hydrogen-bond acceptors (Lipinski definition) is 3. The van der Waals surface area contributed by atoms with Crippen LogP contribution in [0.15, 0.2) is 28.7 Å². The fourth-order valence-electron chi connectivity index (χ4n) is 2.31. The summed E-state index contributed by atoms with van der Waals surface area (Å²) in [5.41, 5.74) is 0.722. The number of carboxylic acid groups (broad SMARTS) is 1. The Morgan fingerprint density at radius 2 is 2.00 bits per heavy atom. The molecule has 1 N–H and O–H groups in total. The predicted octanol–water partition coefficient (Wildman–Crippen LogP) is 2.08. The van der Waals surface area contributed by atoms with Crippen molar-refractivity contribution in [3.05, 3.63) is 34.3 Å². The number of benzene rings is 1. The third kappa shape index (κ3) is 3.80. The lowest BCUT2D eigenvalue weighted by molar-refractivity contribution is -0.142. The van der Waals surface area contributed by atoms with Crippen LogP contribution in [0.2, 0.25) is 0 Å². The Hall–Kier alpha value is -0.920. The van der Waals surface area contributed by atoms with Crippen LogP contribution in [0.4, 0.5) is 0 Å². The van der Waals surface area contributed by atoms with Crippen LogP contribution in [-0.4, -0.2) is 36.9 Å². The summed E-state index contributed by atoms with van der Waals surface area (Å²) in [6.07, 6.45) is 0.764. The van der Waals surface area contributed by atoms with Gasteiger partial charge in [-0.1, -0.05) is 28.1 Å². The van der Waals surface area contributed by atoms with E-state index >= 15 is 0 Å². The summed E-state index contributed by atoms with van der Waals surface area (Å²) in [4.78, 5) is 10.9. The second-order valence-corrected chi connectivity index (χ2v) is 7.78. The van der Waals surface area contributed by atoms with Crippen molar-refractivity contribution in [3.63, 3.8) is 0 Å². The first-order chi connectivity index (χ1) is 9.38. The molecule has 0 bridgehead atoms. The molecule has 0 amide bonds. The fraction of sp³-hybridized carbons (Fsp3) is 0.462. The van der Waals surface area contributed by atoms with Gasteiger partial charge in [-0.3, -0.25) is 4.79 Å². The van der Waals surface area contributed by atoms with Gasteiger partial charge in [-0.05, 0) is 30.5 Å². The Morgan fingerprint density at radius 1 is 1.35 bits per heavy atom. The van der Waals surface area contributed by atoms with Crippen LogP contribution in [0, 0.1) is 5.92 Å². The lowest BCUT2D eigenvalue weighted by atomic mass is 9.99. The van der Waals surface area contributed by atoms with Gasteiger partial charge in [0.05, 0.1) is 11.7 Å². The van der Waals surface area contributed by atoms with E-state index in [1.807, 2.05) is 6.07 Å². The predicted molar refractivity (Wildman–Crippen MR) is 78.7 cm³/mol. The fourth-order valence-corrected chi connectivity index (χ4v) is 4.31. The number of hydrogen-bond donors (Lipinski definition) is 1. The van der Waals surface area contributed by atoms with Gasteiger partial charge in [-0.2, -0.15) is 0 Å². The standard InChI is InChI=1S/C13H16BrNO4S/c14-12-3-1-2-10(8-12)9-20(18,19)15-6-4-11(5-7-15)13(16)17/h1-3,8,11H,4-7,9H2,(H,16,17). The van der Waals surface area contributed by atoms with E-state index in [9.17, 15) is 13.2 Å². The SMILES string of the molecule is O=C(O)C1CCN(S(=O)(=O)Cc2cccc(Br)c2)CC1.